The third-order valence-electron chi connectivity index (χ3n) is 2.65. The predicted molar refractivity (Wildman–Crippen MR) is 100.0 cm³/mol. The molecule has 1 aromatic carbocycles. The van der Waals surface area contributed by atoms with Gasteiger partial charge >= 0.3 is 0 Å². The first-order chi connectivity index (χ1) is 12.0. The Morgan fingerprint density at radius 2 is 2.04 bits per heavy atom. The minimum Gasteiger partial charge on any atom is -0.369 e. The van der Waals surface area contributed by atoms with Crippen molar-refractivity contribution in [2.75, 3.05) is 16.8 Å². The van der Waals surface area contributed by atoms with Gasteiger partial charge in [0.15, 0.2) is 8.68 Å². The maximum absolute atomic E-state index is 11.9. The van der Waals surface area contributed by atoms with Crippen molar-refractivity contribution in [2.45, 2.75) is 15.1 Å². The van der Waals surface area contributed by atoms with Crippen LogP contribution in [-0.4, -0.2) is 33.5 Å². The van der Waals surface area contributed by atoms with E-state index in [9.17, 15) is 9.59 Å². The third-order valence-corrected chi connectivity index (χ3v) is 6.18. The van der Waals surface area contributed by atoms with Crippen molar-refractivity contribution in [3.63, 3.8) is 0 Å². The normalized spacial score (nSPS) is 10.2. The molecule has 7 nitrogen and oxygen atoms in total. The summed E-state index contributed by atoms with van der Waals surface area (Å²) in [7, 11) is 0. The molecule has 130 valence electrons. The number of amides is 2. The van der Waals surface area contributed by atoms with Gasteiger partial charge in [-0.05, 0) is 18.2 Å². The molecule has 0 radical (unpaired) electrons. The summed E-state index contributed by atoms with van der Waals surface area (Å²) in [4.78, 5) is 22.6. The second-order valence-electron chi connectivity index (χ2n) is 4.54. The van der Waals surface area contributed by atoms with E-state index in [2.05, 4.69) is 15.5 Å². The standard InChI is InChI=1S/C14H12ClN5O2S3/c15-10-5-9(2-1-8(10)6-16)18-12(22)3-4-23-13-19-20-14(25-13)24-7-11(17)21/h1-2,5H,3-4,7H2,(H2,17,21)(H,18,22). The molecule has 0 aliphatic carbocycles. The van der Waals surface area contributed by atoms with E-state index in [1.807, 2.05) is 6.07 Å². The minimum atomic E-state index is -0.408. The lowest BCUT2D eigenvalue weighted by Gasteiger charge is -2.05. The molecule has 3 N–H and O–H groups in total. The molecule has 0 atom stereocenters. The second-order valence-corrected chi connectivity index (χ2v) is 8.49. The molecular formula is C14H12ClN5O2S3. The van der Waals surface area contributed by atoms with Crippen LogP contribution in [0.4, 0.5) is 5.69 Å². The monoisotopic (exact) mass is 413 g/mol. The number of nitriles is 1. The van der Waals surface area contributed by atoms with Gasteiger partial charge in [-0.3, -0.25) is 9.59 Å². The van der Waals surface area contributed by atoms with Gasteiger partial charge in [0.2, 0.25) is 11.8 Å². The number of hydrogen-bond donors (Lipinski definition) is 2. The zero-order chi connectivity index (χ0) is 18.2. The van der Waals surface area contributed by atoms with Crippen molar-refractivity contribution in [3.8, 4) is 6.07 Å². The first-order valence-corrected chi connectivity index (χ1v) is 10.0. The Balaban J connectivity index is 1.76. The lowest BCUT2D eigenvalue weighted by Crippen LogP contribution is -2.12. The van der Waals surface area contributed by atoms with Crippen LogP contribution in [0, 0.1) is 11.3 Å². The molecule has 1 heterocycles. The molecule has 0 aliphatic rings. The van der Waals surface area contributed by atoms with Crippen molar-refractivity contribution in [2.24, 2.45) is 5.73 Å². The van der Waals surface area contributed by atoms with Gasteiger partial charge < -0.3 is 11.1 Å². The molecule has 2 amide bonds. The van der Waals surface area contributed by atoms with E-state index in [1.54, 1.807) is 12.1 Å². The fourth-order valence-electron chi connectivity index (χ4n) is 1.58. The summed E-state index contributed by atoms with van der Waals surface area (Å²) in [5.74, 6) is 0.120. The first-order valence-electron chi connectivity index (χ1n) is 6.85. The lowest BCUT2D eigenvalue weighted by atomic mass is 10.2. The van der Waals surface area contributed by atoms with E-state index in [0.717, 1.165) is 4.34 Å². The molecule has 0 saturated carbocycles. The molecule has 2 rings (SSSR count). The molecule has 11 heteroatoms. The number of anilines is 1. The van der Waals surface area contributed by atoms with Crippen LogP contribution in [0.5, 0.6) is 0 Å². The molecule has 0 unspecified atom stereocenters. The van der Waals surface area contributed by atoms with Crippen LogP contribution < -0.4 is 11.1 Å². The van der Waals surface area contributed by atoms with Gasteiger partial charge in [-0.25, -0.2) is 0 Å². The Labute approximate surface area is 161 Å². The topological polar surface area (TPSA) is 122 Å². The summed E-state index contributed by atoms with van der Waals surface area (Å²) < 4.78 is 1.39. The smallest absolute Gasteiger partial charge is 0.227 e. The lowest BCUT2D eigenvalue weighted by molar-refractivity contribution is -0.116. The highest BCUT2D eigenvalue weighted by Crippen LogP contribution is 2.29. The van der Waals surface area contributed by atoms with E-state index in [4.69, 9.17) is 22.6 Å². The quantitative estimate of drug-likeness (QED) is 0.638. The van der Waals surface area contributed by atoms with E-state index in [-0.39, 0.29) is 18.1 Å². The van der Waals surface area contributed by atoms with Crippen molar-refractivity contribution in [1.82, 2.24) is 10.2 Å². The minimum absolute atomic E-state index is 0.162. The summed E-state index contributed by atoms with van der Waals surface area (Å²) in [5.41, 5.74) is 5.97. The van der Waals surface area contributed by atoms with E-state index in [0.29, 0.717) is 26.4 Å². The molecule has 0 bridgehead atoms. The largest absolute Gasteiger partial charge is 0.369 e. The first kappa shape index (κ1) is 19.5. The van der Waals surface area contributed by atoms with Gasteiger partial charge in [0.25, 0.3) is 0 Å². The van der Waals surface area contributed by atoms with Crippen LogP contribution >= 0.6 is 46.5 Å². The summed E-state index contributed by atoms with van der Waals surface area (Å²) in [6.45, 7) is 0. The summed E-state index contributed by atoms with van der Waals surface area (Å²) in [6.07, 6.45) is 0.283. The Morgan fingerprint density at radius 3 is 2.68 bits per heavy atom. The zero-order valence-corrected chi connectivity index (χ0v) is 15.9. The number of thioether (sulfide) groups is 2. The zero-order valence-electron chi connectivity index (χ0n) is 12.7. The highest BCUT2D eigenvalue weighted by molar-refractivity contribution is 8.03. The molecule has 1 aromatic heterocycles. The highest BCUT2D eigenvalue weighted by Gasteiger charge is 2.09. The number of benzene rings is 1. The van der Waals surface area contributed by atoms with Crippen molar-refractivity contribution in [1.29, 1.82) is 5.26 Å². The van der Waals surface area contributed by atoms with Crippen LogP contribution in [0.25, 0.3) is 0 Å². The SMILES string of the molecule is N#Cc1ccc(NC(=O)CCSc2nnc(SCC(N)=O)s2)cc1Cl. The Bertz CT molecular complexity index is 821. The maximum atomic E-state index is 11.9. The summed E-state index contributed by atoms with van der Waals surface area (Å²) >= 11 is 9.92. The second kappa shape index (κ2) is 9.62. The highest BCUT2D eigenvalue weighted by atomic mass is 35.5. The van der Waals surface area contributed by atoms with Crippen molar-refractivity contribution in [3.05, 3.63) is 28.8 Å². The number of primary amides is 1. The summed E-state index contributed by atoms with van der Waals surface area (Å²) in [6, 6.07) is 6.68. The number of carbonyl (C=O) groups excluding carboxylic acids is 2. The van der Waals surface area contributed by atoms with Gasteiger partial charge in [0.1, 0.15) is 6.07 Å². The molecule has 25 heavy (non-hydrogen) atoms. The van der Waals surface area contributed by atoms with E-state index in [1.165, 1.54) is 40.9 Å². The Hall–Kier alpha value is -1.80. The molecule has 2 aromatic rings. The van der Waals surface area contributed by atoms with Crippen LogP contribution in [0.15, 0.2) is 26.9 Å². The fourth-order valence-corrected chi connectivity index (χ4v) is 4.58. The Kier molecular flexibility index (Phi) is 7.52. The number of nitrogens with two attached hydrogens (primary N) is 1. The van der Waals surface area contributed by atoms with Crippen molar-refractivity contribution >= 4 is 64.0 Å². The average molecular weight is 414 g/mol. The van der Waals surface area contributed by atoms with Gasteiger partial charge in [0, 0.05) is 17.9 Å². The average Bonchev–Trinajstić information content (AvgIpc) is 3.01. The van der Waals surface area contributed by atoms with Gasteiger partial charge in [-0.15, -0.1) is 10.2 Å². The molecule has 0 fully saturated rings. The van der Waals surface area contributed by atoms with E-state index < -0.39 is 5.91 Å². The summed E-state index contributed by atoms with van der Waals surface area (Å²) in [5, 5.41) is 19.8. The molecular weight excluding hydrogens is 402 g/mol. The number of halogens is 1. The maximum Gasteiger partial charge on any atom is 0.227 e. The molecule has 0 aliphatic heterocycles. The molecule has 0 spiro atoms. The van der Waals surface area contributed by atoms with Crippen LogP contribution in [0.3, 0.4) is 0 Å². The molecule has 0 saturated heterocycles. The fraction of sp³-hybridized carbons (Fsp3) is 0.214. The number of nitrogens with one attached hydrogen (secondary N) is 1. The van der Waals surface area contributed by atoms with E-state index >= 15 is 0 Å². The number of aromatic nitrogens is 2. The van der Waals surface area contributed by atoms with Gasteiger partial charge in [0.05, 0.1) is 16.3 Å². The third kappa shape index (κ3) is 6.55. The van der Waals surface area contributed by atoms with Crippen LogP contribution in [0.1, 0.15) is 12.0 Å². The van der Waals surface area contributed by atoms with Crippen LogP contribution in [0.2, 0.25) is 5.02 Å². The number of carbonyl (C=O) groups is 2. The van der Waals surface area contributed by atoms with Gasteiger partial charge in [-0.1, -0.05) is 46.5 Å². The number of hydrogen-bond acceptors (Lipinski definition) is 8. The Morgan fingerprint density at radius 1 is 1.32 bits per heavy atom. The van der Waals surface area contributed by atoms with Crippen LogP contribution in [-0.2, 0) is 9.59 Å². The number of nitrogens with zero attached hydrogens (tertiary/aromatic N) is 3. The van der Waals surface area contributed by atoms with Gasteiger partial charge in [-0.2, -0.15) is 5.26 Å². The van der Waals surface area contributed by atoms with Crippen molar-refractivity contribution < 1.29 is 9.59 Å². The predicted octanol–water partition coefficient (Wildman–Crippen LogP) is 2.76. The number of rotatable bonds is 8.